The molecule has 20 heteroatoms. The van der Waals surface area contributed by atoms with Crippen LogP contribution in [0.1, 0.15) is 92.2 Å². The Kier molecular flexibility index (Phi) is 10.3. The van der Waals surface area contributed by atoms with E-state index in [-0.39, 0.29) is 29.6 Å². The van der Waals surface area contributed by atoms with Crippen molar-refractivity contribution in [3.63, 3.8) is 0 Å². The van der Waals surface area contributed by atoms with Gasteiger partial charge in [-0.1, -0.05) is 30.2 Å². The van der Waals surface area contributed by atoms with Gasteiger partial charge in [-0.2, -0.15) is 13.2 Å². The number of alkyl halides is 3. The van der Waals surface area contributed by atoms with Crippen LogP contribution in [0.3, 0.4) is 0 Å². The van der Waals surface area contributed by atoms with E-state index in [9.17, 15) is 45.2 Å². The molecular weight excluding hydrogens is 779 g/mol. The number of aryl methyl sites for hydroxylation is 1. The van der Waals surface area contributed by atoms with Crippen LogP contribution in [-0.4, -0.2) is 87.1 Å². The summed E-state index contributed by atoms with van der Waals surface area (Å²) in [4.78, 5) is 64.7. The molecule has 3 N–H and O–H groups in total. The Balaban J connectivity index is 1.23. The van der Waals surface area contributed by atoms with Crippen LogP contribution < -0.4 is 20.1 Å². The number of nitrogens with one attached hydrogen (secondary N) is 3. The Morgan fingerprint density at radius 3 is 2.53 bits per heavy atom. The van der Waals surface area contributed by atoms with Crippen LogP contribution >= 0.6 is 0 Å². The monoisotopic (exact) mass is 819 g/mol. The van der Waals surface area contributed by atoms with Gasteiger partial charge >= 0.3 is 6.18 Å². The molecule has 0 bridgehead atoms. The summed E-state index contributed by atoms with van der Waals surface area (Å²) >= 11 is 0. The number of amides is 4. The summed E-state index contributed by atoms with van der Waals surface area (Å²) in [6.07, 6.45) is -0.0558. The van der Waals surface area contributed by atoms with Crippen LogP contribution in [0.2, 0.25) is 0 Å². The summed E-state index contributed by atoms with van der Waals surface area (Å²) in [5.74, 6) is -5.37. The maximum Gasteiger partial charge on any atom is 0.438 e. The van der Waals surface area contributed by atoms with E-state index in [1.807, 2.05) is 6.08 Å². The van der Waals surface area contributed by atoms with Crippen molar-refractivity contribution in [2.45, 2.75) is 113 Å². The average molecular weight is 820 g/mol. The maximum absolute atomic E-state index is 14.5. The molecular formula is C37H41F4N7O8S. The van der Waals surface area contributed by atoms with Crippen molar-refractivity contribution >= 4 is 44.7 Å². The number of halogens is 4. The molecule has 4 aliphatic rings. The smallest absolute Gasteiger partial charge is 0.438 e. The van der Waals surface area contributed by atoms with E-state index in [1.54, 1.807) is 19.9 Å². The highest BCUT2D eigenvalue weighted by Gasteiger charge is 2.63. The molecule has 3 fully saturated rings. The first kappa shape index (κ1) is 40.1. The molecule has 5 atom stereocenters. The number of hydrogen-bond acceptors (Lipinski definition) is 11. The number of hydrogen-bond donors (Lipinski definition) is 3. The lowest BCUT2D eigenvalue weighted by Gasteiger charge is -2.30. The molecule has 1 saturated heterocycles. The molecule has 4 heterocycles. The first-order valence-corrected chi connectivity index (χ1v) is 20.1. The SMILES string of the molecule is Cc1onc(C(=O)N[C@H]2CCCCCC=C[C@@H]3C[C@@]3(C(=O)NS(=O)(=O)C3(C)CC3)NC(=O)[C@@H]3C[C@@H](Oc4nc5cc(F)ccc5nc4C(F)(F)F)CN3C2=O)c1C. The van der Waals surface area contributed by atoms with Crippen LogP contribution in [0.4, 0.5) is 17.6 Å². The second kappa shape index (κ2) is 14.7. The van der Waals surface area contributed by atoms with Gasteiger partial charge < -0.3 is 24.8 Å². The summed E-state index contributed by atoms with van der Waals surface area (Å²) in [5.41, 5.74) is -3.35. The van der Waals surface area contributed by atoms with E-state index in [1.165, 1.54) is 6.92 Å². The summed E-state index contributed by atoms with van der Waals surface area (Å²) in [6, 6.07) is 0.124. The Hall–Kier alpha value is -5.14. The Morgan fingerprint density at radius 2 is 1.84 bits per heavy atom. The van der Waals surface area contributed by atoms with E-state index in [0.29, 0.717) is 49.8 Å². The quantitative estimate of drug-likeness (QED) is 0.230. The van der Waals surface area contributed by atoms with Gasteiger partial charge in [0.05, 0.1) is 22.3 Å². The molecule has 0 unspecified atom stereocenters. The molecule has 4 amide bonds. The molecule has 306 valence electrons. The third-order valence-corrected chi connectivity index (χ3v) is 13.5. The minimum Gasteiger partial charge on any atom is -0.471 e. The predicted molar refractivity (Wildman–Crippen MR) is 192 cm³/mol. The van der Waals surface area contributed by atoms with Crippen LogP contribution in [0.25, 0.3) is 11.0 Å². The maximum atomic E-state index is 14.5. The van der Waals surface area contributed by atoms with Gasteiger partial charge in [0.1, 0.15) is 35.3 Å². The number of nitrogens with zero attached hydrogens (tertiary/aromatic N) is 4. The van der Waals surface area contributed by atoms with E-state index in [2.05, 4.69) is 30.5 Å². The standard InChI is InChI=1S/C37H41F4N7O8S/c1-19-20(2)56-46-28(19)31(50)43-25-10-8-6-4-5-7-9-21-17-36(21,34(52)47-57(53,54)35(3)13-14-35)45-30(49)27-16-23(18-48(27)33(25)51)55-32-29(37(39,40)41)42-24-12-11-22(38)15-26(24)44-32/h7,9,11-12,15,21,23,25,27H,4-6,8,10,13-14,16-18H2,1-3H3,(H,43,50)(H,45,49)(H,47,52)/t21-,23-,25+,27+,36-/m1/s1. The zero-order valence-electron chi connectivity index (χ0n) is 31.2. The minimum absolute atomic E-state index is 0.0429. The zero-order chi connectivity index (χ0) is 41.1. The van der Waals surface area contributed by atoms with Gasteiger partial charge in [0.15, 0.2) is 5.69 Å². The van der Waals surface area contributed by atoms with Gasteiger partial charge in [0.2, 0.25) is 33.4 Å². The summed E-state index contributed by atoms with van der Waals surface area (Å²) in [6.45, 7) is 4.25. The molecule has 2 aliphatic carbocycles. The molecule has 15 nitrogen and oxygen atoms in total. The molecule has 7 rings (SSSR count). The third kappa shape index (κ3) is 7.91. The second-order valence-corrected chi connectivity index (χ2v) is 17.6. The molecule has 57 heavy (non-hydrogen) atoms. The predicted octanol–water partition coefficient (Wildman–Crippen LogP) is 3.93. The molecule has 0 spiro atoms. The highest BCUT2D eigenvalue weighted by molar-refractivity contribution is 7.91. The van der Waals surface area contributed by atoms with Gasteiger partial charge in [-0.15, -0.1) is 0 Å². The zero-order valence-corrected chi connectivity index (χ0v) is 32.1. The molecule has 1 aromatic carbocycles. The van der Waals surface area contributed by atoms with Crippen molar-refractivity contribution < 1.29 is 54.4 Å². The van der Waals surface area contributed by atoms with Crippen LogP contribution in [-0.2, 0) is 30.6 Å². The molecule has 0 radical (unpaired) electrons. The number of allylic oxidation sites excluding steroid dienone is 1. The minimum atomic E-state index is -5.07. The second-order valence-electron chi connectivity index (χ2n) is 15.5. The number of fused-ring (bicyclic) bond motifs is 3. The van der Waals surface area contributed by atoms with Gasteiger partial charge in [0.25, 0.3) is 11.8 Å². The lowest BCUT2D eigenvalue weighted by molar-refractivity contribution is -0.143. The van der Waals surface area contributed by atoms with E-state index >= 15 is 0 Å². The average Bonchev–Trinajstić information content (AvgIpc) is 3.97. The topological polar surface area (TPSA) is 203 Å². The molecule has 2 aliphatic heterocycles. The first-order chi connectivity index (χ1) is 26.8. The lowest BCUT2D eigenvalue weighted by Crippen LogP contribution is -2.58. The lowest BCUT2D eigenvalue weighted by atomic mass is 10.0. The summed E-state index contributed by atoms with van der Waals surface area (Å²) in [7, 11) is -4.12. The third-order valence-electron chi connectivity index (χ3n) is 11.3. The van der Waals surface area contributed by atoms with Crippen LogP contribution in [0.5, 0.6) is 5.88 Å². The van der Waals surface area contributed by atoms with Crippen molar-refractivity contribution in [3.8, 4) is 5.88 Å². The van der Waals surface area contributed by atoms with Gasteiger partial charge in [-0.05, 0) is 71.4 Å². The van der Waals surface area contributed by atoms with Crippen molar-refractivity contribution in [2.24, 2.45) is 5.92 Å². The Bertz CT molecular complexity index is 2280. The van der Waals surface area contributed by atoms with Gasteiger partial charge in [0, 0.05) is 24.0 Å². The Labute approximate surface area is 324 Å². The van der Waals surface area contributed by atoms with Gasteiger partial charge in [-0.25, -0.2) is 22.8 Å². The number of carbonyl (C=O) groups excluding carboxylic acids is 4. The summed E-state index contributed by atoms with van der Waals surface area (Å²) < 4.78 is 95.1. The number of carbonyl (C=O) groups is 4. The highest BCUT2D eigenvalue weighted by atomic mass is 32.2. The van der Waals surface area contributed by atoms with E-state index in [0.717, 1.165) is 23.1 Å². The first-order valence-electron chi connectivity index (χ1n) is 18.6. The molecule has 2 aromatic heterocycles. The number of aromatic nitrogens is 3. The van der Waals surface area contributed by atoms with Crippen molar-refractivity contribution in [1.82, 2.24) is 35.4 Å². The largest absolute Gasteiger partial charge is 0.471 e. The molecule has 3 aromatic rings. The van der Waals surface area contributed by atoms with E-state index < -0.39 is 105 Å². The number of sulfonamides is 1. The van der Waals surface area contributed by atoms with E-state index in [4.69, 9.17) is 9.26 Å². The number of rotatable bonds is 7. The number of ether oxygens (including phenoxy) is 1. The fourth-order valence-corrected chi connectivity index (χ4v) is 8.55. The summed E-state index contributed by atoms with van der Waals surface area (Å²) in [5, 5.41) is 9.18. The highest BCUT2D eigenvalue weighted by Crippen LogP contribution is 2.47. The van der Waals surface area contributed by atoms with Crippen molar-refractivity contribution in [2.75, 3.05) is 6.54 Å². The van der Waals surface area contributed by atoms with Crippen molar-refractivity contribution in [1.29, 1.82) is 0 Å². The normalized spacial score (nSPS) is 26.4. The number of benzene rings is 1. The molecule has 2 saturated carbocycles. The Morgan fingerprint density at radius 1 is 1.09 bits per heavy atom. The fraction of sp³-hybridized carbons (Fsp3) is 0.541. The van der Waals surface area contributed by atoms with Crippen LogP contribution in [0, 0.1) is 25.6 Å². The van der Waals surface area contributed by atoms with Crippen molar-refractivity contribution in [3.05, 3.63) is 58.9 Å². The van der Waals surface area contributed by atoms with Crippen LogP contribution in [0.15, 0.2) is 34.9 Å². The fourth-order valence-electron chi connectivity index (χ4n) is 7.24. The van der Waals surface area contributed by atoms with Gasteiger partial charge in [-0.3, -0.25) is 23.9 Å².